The molecule has 0 unspecified atom stereocenters. The van der Waals surface area contributed by atoms with Crippen LogP contribution >= 0.6 is 23.2 Å². The molecule has 0 aliphatic carbocycles. The third-order valence-electron chi connectivity index (χ3n) is 3.33. The van der Waals surface area contributed by atoms with Gasteiger partial charge in [-0.15, -0.1) is 0 Å². The predicted molar refractivity (Wildman–Crippen MR) is 107 cm³/mol. The van der Waals surface area contributed by atoms with E-state index in [9.17, 15) is 19.2 Å². The van der Waals surface area contributed by atoms with Crippen molar-refractivity contribution in [2.75, 3.05) is 17.2 Å². The summed E-state index contributed by atoms with van der Waals surface area (Å²) in [7, 11) is 0. The van der Waals surface area contributed by atoms with Gasteiger partial charge in [-0.25, -0.2) is 9.59 Å². The van der Waals surface area contributed by atoms with Gasteiger partial charge in [-0.2, -0.15) is 0 Å². The number of benzene rings is 2. The molecule has 8 nitrogen and oxygen atoms in total. The number of amides is 2. The van der Waals surface area contributed by atoms with E-state index in [2.05, 4.69) is 10.6 Å². The molecule has 0 fully saturated rings. The Bertz CT molecular complexity index is 973. The maximum atomic E-state index is 12.0. The van der Waals surface area contributed by atoms with Crippen molar-refractivity contribution in [3.63, 3.8) is 0 Å². The lowest BCUT2D eigenvalue weighted by atomic mass is 10.2. The molecule has 0 aliphatic rings. The zero-order valence-corrected chi connectivity index (χ0v) is 16.2. The summed E-state index contributed by atoms with van der Waals surface area (Å²) < 4.78 is 4.93. The largest absolute Gasteiger partial charge is 0.478 e. The highest BCUT2D eigenvalue weighted by atomic mass is 35.5. The van der Waals surface area contributed by atoms with Gasteiger partial charge in [-0.1, -0.05) is 29.3 Å². The summed E-state index contributed by atoms with van der Waals surface area (Å²) in [4.78, 5) is 45.8. The van der Waals surface area contributed by atoms with Crippen molar-refractivity contribution >= 4 is 58.3 Å². The van der Waals surface area contributed by atoms with Gasteiger partial charge in [0, 0.05) is 17.8 Å². The maximum Gasteiger partial charge on any atom is 0.338 e. The lowest BCUT2D eigenvalue weighted by Gasteiger charge is -2.09. The second kappa shape index (κ2) is 10.3. The number of esters is 1. The van der Waals surface area contributed by atoms with Crippen LogP contribution in [0, 0.1) is 0 Å². The fraction of sp³-hybridized carbons (Fsp3) is 0.0526. The first-order valence-corrected chi connectivity index (χ1v) is 8.75. The molecule has 0 aromatic heterocycles. The Hall–Kier alpha value is -3.36. The lowest BCUT2D eigenvalue weighted by molar-refractivity contribution is -0.131. The minimum atomic E-state index is -1.25. The number of ether oxygens (including phenoxy) is 1. The molecule has 3 N–H and O–H groups in total. The number of carbonyl (C=O) groups is 4. The molecule has 0 aliphatic heterocycles. The van der Waals surface area contributed by atoms with Crippen LogP contribution in [0.4, 0.5) is 11.4 Å². The molecule has 0 bridgehead atoms. The van der Waals surface area contributed by atoms with Crippen LogP contribution in [0.2, 0.25) is 10.0 Å². The number of hydrogen-bond donors (Lipinski definition) is 3. The zero-order valence-electron chi connectivity index (χ0n) is 14.6. The van der Waals surface area contributed by atoms with Gasteiger partial charge in [0.25, 0.3) is 5.91 Å². The average molecular weight is 437 g/mol. The number of carboxylic acid groups (broad SMARTS) is 1. The monoisotopic (exact) mass is 436 g/mol. The van der Waals surface area contributed by atoms with Gasteiger partial charge in [0.15, 0.2) is 6.61 Å². The van der Waals surface area contributed by atoms with E-state index in [-0.39, 0.29) is 21.3 Å². The predicted octanol–water partition coefficient (Wildman–Crippen LogP) is 3.37. The number of hydrogen-bond acceptors (Lipinski definition) is 5. The minimum absolute atomic E-state index is 0.151. The van der Waals surface area contributed by atoms with E-state index in [1.807, 2.05) is 0 Å². The van der Waals surface area contributed by atoms with Crippen molar-refractivity contribution in [2.45, 2.75) is 0 Å². The molecule has 29 heavy (non-hydrogen) atoms. The third-order valence-corrected chi connectivity index (χ3v) is 4.14. The fourth-order valence-electron chi connectivity index (χ4n) is 2.02. The molecule has 2 aromatic carbocycles. The first kappa shape index (κ1) is 21.9. The van der Waals surface area contributed by atoms with E-state index in [1.165, 1.54) is 24.3 Å². The fourth-order valence-corrected chi connectivity index (χ4v) is 2.37. The molecule has 2 amide bonds. The van der Waals surface area contributed by atoms with Crippen LogP contribution in [-0.2, 0) is 19.1 Å². The third kappa shape index (κ3) is 6.95. The molecular weight excluding hydrogens is 423 g/mol. The summed E-state index contributed by atoms with van der Waals surface area (Å²) in [5, 5.41) is 13.8. The molecule has 0 saturated carbocycles. The van der Waals surface area contributed by atoms with Crippen LogP contribution in [0.15, 0.2) is 54.6 Å². The smallest absolute Gasteiger partial charge is 0.338 e. The van der Waals surface area contributed by atoms with E-state index < -0.39 is 30.4 Å². The molecule has 2 rings (SSSR count). The standard InChI is InChI=1S/C19H14Cl2N2O6/c20-13-2-1-3-14(18(13)21)23-16(25)10-29-19(28)11-4-6-12(7-5-11)22-15(24)8-9-17(26)27/h1-9H,10H2,(H,22,24)(H,23,25)(H,26,27)/b9-8+. The Morgan fingerprint density at radius 1 is 0.966 bits per heavy atom. The molecule has 0 radical (unpaired) electrons. The van der Waals surface area contributed by atoms with Gasteiger partial charge in [0.05, 0.1) is 21.3 Å². The van der Waals surface area contributed by atoms with Crippen molar-refractivity contribution in [1.82, 2.24) is 0 Å². The summed E-state index contributed by atoms with van der Waals surface area (Å²) in [6.07, 6.45) is 1.55. The van der Waals surface area contributed by atoms with Gasteiger partial charge in [-0.3, -0.25) is 9.59 Å². The summed E-state index contributed by atoms with van der Waals surface area (Å²) >= 11 is 11.8. The van der Waals surface area contributed by atoms with Crippen LogP contribution in [-0.4, -0.2) is 35.5 Å². The Labute approximate surface area is 175 Å². The van der Waals surface area contributed by atoms with Crippen molar-refractivity contribution in [2.24, 2.45) is 0 Å². The molecule has 2 aromatic rings. The molecule has 0 atom stereocenters. The SMILES string of the molecule is O=C(O)/C=C/C(=O)Nc1ccc(C(=O)OCC(=O)Nc2cccc(Cl)c2Cl)cc1. The lowest BCUT2D eigenvalue weighted by Crippen LogP contribution is -2.21. The molecule has 0 saturated heterocycles. The molecule has 10 heteroatoms. The molecule has 0 heterocycles. The minimum Gasteiger partial charge on any atom is -0.478 e. The molecular formula is C19H14Cl2N2O6. The number of anilines is 2. The van der Waals surface area contributed by atoms with Crippen molar-refractivity contribution in [1.29, 1.82) is 0 Å². The molecule has 150 valence electrons. The number of nitrogens with one attached hydrogen (secondary N) is 2. The highest BCUT2D eigenvalue weighted by Crippen LogP contribution is 2.29. The number of aliphatic carboxylic acids is 1. The van der Waals surface area contributed by atoms with Gasteiger partial charge in [0.2, 0.25) is 5.91 Å². The van der Waals surface area contributed by atoms with E-state index in [0.717, 1.165) is 6.08 Å². The average Bonchev–Trinajstić information content (AvgIpc) is 2.68. The number of carboxylic acids is 1. The second-order valence-corrected chi connectivity index (χ2v) is 6.25. The summed E-state index contributed by atoms with van der Waals surface area (Å²) in [6, 6.07) is 10.3. The van der Waals surface area contributed by atoms with Gasteiger partial charge >= 0.3 is 11.9 Å². The van der Waals surface area contributed by atoms with E-state index >= 15 is 0 Å². The first-order chi connectivity index (χ1) is 13.8. The van der Waals surface area contributed by atoms with Crippen LogP contribution in [0.5, 0.6) is 0 Å². The Kier molecular flexibility index (Phi) is 7.76. The van der Waals surface area contributed by atoms with Crippen molar-refractivity contribution in [3.8, 4) is 0 Å². The van der Waals surface area contributed by atoms with Gasteiger partial charge in [-0.05, 0) is 36.4 Å². The molecule has 0 spiro atoms. The topological polar surface area (TPSA) is 122 Å². The van der Waals surface area contributed by atoms with E-state index in [1.54, 1.807) is 18.2 Å². The van der Waals surface area contributed by atoms with E-state index in [0.29, 0.717) is 11.8 Å². The Balaban J connectivity index is 1.87. The van der Waals surface area contributed by atoms with Gasteiger partial charge in [0.1, 0.15) is 0 Å². The van der Waals surface area contributed by atoms with Crippen LogP contribution in [0.1, 0.15) is 10.4 Å². The Morgan fingerprint density at radius 2 is 1.66 bits per heavy atom. The maximum absolute atomic E-state index is 12.0. The first-order valence-electron chi connectivity index (χ1n) is 7.99. The summed E-state index contributed by atoms with van der Waals surface area (Å²) in [5.41, 5.74) is 0.782. The number of halogens is 2. The van der Waals surface area contributed by atoms with Crippen molar-refractivity contribution < 1.29 is 29.0 Å². The highest BCUT2D eigenvalue weighted by Gasteiger charge is 2.12. The van der Waals surface area contributed by atoms with Crippen LogP contribution in [0.3, 0.4) is 0 Å². The van der Waals surface area contributed by atoms with Crippen molar-refractivity contribution in [3.05, 3.63) is 70.2 Å². The summed E-state index contributed by atoms with van der Waals surface area (Å²) in [6.45, 7) is -0.542. The van der Waals surface area contributed by atoms with Crippen LogP contribution < -0.4 is 10.6 Å². The second-order valence-electron chi connectivity index (χ2n) is 5.46. The number of rotatable bonds is 7. The number of carbonyl (C=O) groups excluding carboxylic acids is 3. The Morgan fingerprint density at radius 3 is 2.31 bits per heavy atom. The quantitative estimate of drug-likeness (QED) is 0.451. The zero-order chi connectivity index (χ0) is 21.4. The van der Waals surface area contributed by atoms with Crippen LogP contribution in [0.25, 0.3) is 0 Å². The van der Waals surface area contributed by atoms with Gasteiger partial charge < -0.3 is 20.5 Å². The summed E-state index contributed by atoms with van der Waals surface area (Å²) in [5.74, 6) is -3.24. The van der Waals surface area contributed by atoms with E-state index in [4.69, 9.17) is 33.0 Å². The highest BCUT2D eigenvalue weighted by molar-refractivity contribution is 6.44. The normalized spacial score (nSPS) is 10.4.